The number of rotatable bonds is 6. The Labute approximate surface area is 119 Å². The molecular weight excluding hydrogens is 258 g/mol. The smallest absolute Gasteiger partial charge is 0.127 e. The van der Waals surface area contributed by atoms with Crippen LogP contribution in [-0.2, 0) is 6.54 Å². The third-order valence-electron chi connectivity index (χ3n) is 2.73. The fourth-order valence-electron chi connectivity index (χ4n) is 1.70. The summed E-state index contributed by atoms with van der Waals surface area (Å²) in [6, 6.07) is 11.8. The summed E-state index contributed by atoms with van der Waals surface area (Å²) in [5.41, 5.74) is 2.26. The van der Waals surface area contributed by atoms with Crippen LogP contribution >= 0.6 is 11.6 Å². The Morgan fingerprint density at radius 1 is 1.11 bits per heavy atom. The summed E-state index contributed by atoms with van der Waals surface area (Å²) in [6.07, 6.45) is 2.90. The average molecular weight is 276 g/mol. The van der Waals surface area contributed by atoms with Crippen LogP contribution in [0.1, 0.15) is 18.9 Å². The minimum atomic E-state index is 0.763. The lowest BCUT2D eigenvalue weighted by Gasteiger charge is -2.09. The SMILES string of the molecule is CCCNc1cc(NCc2ccc(Cl)cc2)ccn1. The monoisotopic (exact) mass is 275 g/mol. The van der Waals surface area contributed by atoms with Crippen LogP contribution in [0.25, 0.3) is 0 Å². The van der Waals surface area contributed by atoms with E-state index in [-0.39, 0.29) is 0 Å². The second-order valence-corrected chi connectivity index (χ2v) is 4.77. The van der Waals surface area contributed by atoms with Crippen LogP contribution in [0.5, 0.6) is 0 Å². The van der Waals surface area contributed by atoms with Gasteiger partial charge in [-0.3, -0.25) is 0 Å². The summed E-state index contributed by atoms with van der Waals surface area (Å²) in [7, 11) is 0. The summed E-state index contributed by atoms with van der Waals surface area (Å²) >= 11 is 5.86. The van der Waals surface area contributed by atoms with E-state index < -0.39 is 0 Å². The molecule has 0 aliphatic carbocycles. The Hall–Kier alpha value is -1.74. The topological polar surface area (TPSA) is 37.0 Å². The van der Waals surface area contributed by atoms with Gasteiger partial charge in [0, 0.05) is 36.1 Å². The molecule has 0 aliphatic heterocycles. The van der Waals surface area contributed by atoms with Gasteiger partial charge in [-0.25, -0.2) is 4.98 Å². The standard InChI is InChI=1S/C15H18ClN3/c1-2-8-17-15-10-14(7-9-18-15)19-11-12-3-5-13(16)6-4-12/h3-7,9-10H,2,8,11H2,1H3,(H2,17,18,19). The molecule has 0 radical (unpaired) electrons. The minimum absolute atomic E-state index is 0.763. The lowest BCUT2D eigenvalue weighted by Crippen LogP contribution is -2.04. The van der Waals surface area contributed by atoms with Crippen LogP contribution in [0.15, 0.2) is 42.6 Å². The van der Waals surface area contributed by atoms with Crippen molar-refractivity contribution >= 4 is 23.1 Å². The van der Waals surface area contributed by atoms with Gasteiger partial charge in [-0.05, 0) is 30.2 Å². The van der Waals surface area contributed by atoms with Gasteiger partial charge in [0.2, 0.25) is 0 Å². The highest BCUT2D eigenvalue weighted by Gasteiger charge is 1.97. The highest BCUT2D eigenvalue weighted by atomic mass is 35.5. The van der Waals surface area contributed by atoms with E-state index in [2.05, 4.69) is 22.5 Å². The Morgan fingerprint density at radius 3 is 2.63 bits per heavy atom. The van der Waals surface area contributed by atoms with Gasteiger partial charge in [0.05, 0.1) is 0 Å². The van der Waals surface area contributed by atoms with Crippen molar-refractivity contribution in [2.24, 2.45) is 0 Å². The molecule has 0 spiro atoms. The van der Waals surface area contributed by atoms with E-state index >= 15 is 0 Å². The van der Waals surface area contributed by atoms with E-state index in [1.54, 1.807) is 0 Å². The number of pyridine rings is 1. The number of benzene rings is 1. The maximum atomic E-state index is 5.86. The molecule has 0 unspecified atom stereocenters. The van der Waals surface area contributed by atoms with Gasteiger partial charge in [0.15, 0.2) is 0 Å². The zero-order chi connectivity index (χ0) is 13.5. The number of aromatic nitrogens is 1. The molecule has 0 saturated carbocycles. The highest BCUT2D eigenvalue weighted by molar-refractivity contribution is 6.30. The summed E-state index contributed by atoms with van der Waals surface area (Å²) in [5, 5.41) is 7.41. The fraction of sp³-hybridized carbons (Fsp3) is 0.267. The van der Waals surface area contributed by atoms with Crippen molar-refractivity contribution in [3.63, 3.8) is 0 Å². The van der Waals surface area contributed by atoms with Crippen molar-refractivity contribution in [2.75, 3.05) is 17.2 Å². The molecule has 0 atom stereocenters. The molecule has 2 rings (SSSR count). The van der Waals surface area contributed by atoms with Crippen LogP contribution in [0, 0.1) is 0 Å². The fourth-order valence-corrected chi connectivity index (χ4v) is 1.82. The van der Waals surface area contributed by atoms with Crippen molar-refractivity contribution in [1.82, 2.24) is 4.98 Å². The minimum Gasteiger partial charge on any atom is -0.381 e. The van der Waals surface area contributed by atoms with Crippen LogP contribution in [-0.4, -0.2) is 11.5 Å². The molecule has 19 heavy (non-hydrogen) atoms. The van der Waals surface area contributed by atoms with Gasteiger partial charge >= 0.3 is 0 Å². The number of hydrogen-bond donors (Lipinski definition) is 2. The van der Waals surface area contributed by atoms with E-state index in [0.29, 0.717) is 0 Å². The number of hydrogen-bond acceptors (Lipinski definition) is 3. The number of nitrogens with one attached hydrogen (secondary N) is 2. The van der Waals surface area contributed by atoms with E-state index in [9.17, 15) is 0 Å². The molecule has 2 N–H and O–H groups in total. The zero-order valence-electron chi connectivity index (χ0n) is 11.0. The van der Waals surface area contributed by atoms with Crippen molar-refractivity contribution < 1.29 is 0 Å². The lowest BCUT2D eigenvalue weighted by atomic mass is 10.2. The summed E-state index contributed by atoms with van der Waals surface area (Å²) < 4.78 is 0. The highest BCUT2D eigenvalue weighted by Crippen LogP contribution is 2.14. The van der Waals surface area contributed by atoms with Crippen molar-refractivity contribution in [3.05, 3.63) is 53.2 Å². The molecular formula is C15H18ClN3. The molecule has 100 valence electrons. The van der Waals surface area contributed by atoms with E-state index in [1.807, 2.05) is 42.6 Å². The third-order valence-corrected chi connectivity index (χ3v) is 2.98. The molecule has 4 heteroatoms. The largest absolute Gasteiger partial charge is 0.381 e. The number of nitrogens with zero attached hydrogens (tertiary/aromatic N) is 1. The first-order chi connectivity index (χ1) is 9.28. The van der Waals surface area contributed by atoms with Crippen LogP contribution in [0.2, 0.25) is 5.02 Å². The van der Waals surface area contributed by atoms with Gasteiger partial charge in [-0.2, -0.15) is 0 Å². The normalized spacial score (nSPS) is 10.2. The Bertz CT molecular complexity index is 511. The summed E-state index contributed by atoms with van der Waals surface area (Å²) in [6.45, 7) is 3.84. The molecule has 1 heterocycles. The zero-order valence-corrected chi connectivity index (χ0v) is 11.7. The van der Waals surface area contributed by atoms with Crippen molar-refractivity contribution in [3.8, 4) is 0 Å². The first kappa shape index (κ1) is 13.7. The second kappa shape index (κ2) is 7.00. The van der Waals surface area contributed by atoms with Gasteiger partial charge in [-0.1, -0.05) is 30.7 Å². The first-order valence-corrected chi connectivity index (χ1v) is 6.84. The van der Waals surface area contributed by atoms with Crippen molar-refractivity contribution in [1.29, 1.82) is 0 Å². The van der Waals surface area contributed by atoms with Gasteiger partial charge < -0.3 is 10.6 Å². The Morgan fingerprint density at radius 2 is 1.89 bits per heavy atom. The van der Waals surface area contributed by atoms with Gasteiger partial charge in [-0.15, -0.1) is 0 Å². The molecule has 0 bridgehead atoms. The average Bonchev–Trinajstić information content (AvgIpc) is 2.45. The van der Waals surface area contributed by atoms with E-state index in [1.165, 1.54) is 5.56 Å². The van der Waals surface area contributed by atoms with E-state index in [4.69, 9.17) is 11.6 Å². The Balaban J connectivity index is 1.93. The van der Waals surface area contributed by atoms with Crippen molar-refractivity contribution in [2.45, 2.75) is 19.9 Å². The molecule has 0 aliphatic rings. The summed E-state index contributed by atoms with van der Waals surface area (Å²) in [5.74, 6) is 0.906. The second-order valence-electron chi connectivity index (χ2n) is 4.34. The maximum Gasteiger partial charge on any atom is 0.127 e. The maximum absolute atomic E-state index is 5.86. The third kappa shape index (κ3) is 4.45. The van der Waals surface area contributed by atoms with Crippen LogP contribution in [0.4, 0.5) is 11.5 Å². The van der Waals surface area contributed by atoms with Gasteiger partial charge in [0.1, 0.15) is 5.82 Å². The molecule has 1 aromatic carbocycles. The molecule has 0 saturated heterocycles. The quantitative estimate of drug-likeness (QED) is 0.831. The lowest BCUT2D eigenvalue weighted by molar-refractivity contribution is 0.969. The molecule has 0 fully saturated rings. The first-order valence-electron chi connectivity index (χ1n) is 6.46. The summed E-state index contributed by atoms with van der Waals surface area (Å²) in [4.78, 5) is 4.27. The van der Waals surface area contributed by atoms with Gasteiger partial charge in [0.25, 0.3) is 0 Å². The van der Waals surface area contributed by atoms with Crippen LogP contribution in [0.3, 0.4) is 0 Å². The van der Waals surface area contributed by atoms with E-state index in [0.717, 1.165) is 36.0 Å². The van der Waals surface area contributed by atoms with Crippen LogP contribution < -0.4 is 10.6 Å². The number of anilines is 2. The number of halogens is 1. The molecule has 3 nitrogen and oxygen atoms in total. The molecule has 0 amide bonds. The predicted molar refractivity (Wildman–Crippen MR) is 81.8 cm³/mol. The molecule has 2 aromatic rings. The predicted octanol–water partition coefficient (Wildman–Crippen LogP) is 4.17. The molecule has 1 aromatic heterocycles. The Kier molecular flexibility index (Phi) is 5.04.